The molecule has 104 valence electrons. The van der Waals surface area contributed by atoms with Crippen molar-refractivity contribution in [3.05, 3.63) is 47.0 Å². The molecule has 0 aromatic heterocycles. The normalized spacial score (nSPS) is 12.5. The second-order valence-electron chi connectivity index (χ2n) is 4.91. The highest BCUT2D eigenvalue weighted by atomic mass is 16.7. The third-order valence-electron chi connectivity index (χ3n) is 3.58. The van der Waals surface area contributed by atoms with E-state index >= 15 is 0 Å². The molecule has 1 aliphatic rings. The van der Waals surface area contributed by atoms with Crippen LogP contribution in [0.15, 0.2) is 30.3 Å². The predicted molar refractivity (Wildman–Crippen MR) is 77.5 cm³/mol. The average molecular weight is 271 g/mol. The number of phenols is 1. The van der Waals surface area contributed by atoms with Crippen LogP contribution in [0.1, 0.15) is 16.7 Å². The van der Waals surface area contributed by atoms with E-state index in [4.69, 9.17) is 9.47 Å². The lowest BCUT2D eigenvalue weighted by Gasteiger charge is -2.13. The van der Waals surface area contributed by atoms with Gasteiger partial charge in [-0.25, -0.2) is 0 Å². The van der Waals surface area contributed by atoms with E-state index in [1.165, 1.54) is 0 Å². The molecule has 0 bridgehead atoms. The minimum Gasteiger partial charge on any atom is -0.507 e. The number of rotatable bonds is 3. The van der Waals surface area contributed by atoms with E-state index in [9.17, 15) is 5.11 Å². The fraction of sp³-hybridized carbons (Fsp3) is 0.250. The lowest BCUT2D eigenvalue weighted by molar-refractivity contribution is 0.173. The molecule has 0 saturated carbocycles. The lowest BCUT2D eigenvalue weighted by atomic mass is 10.1. The maximum atomic E-state index is 9.95. The second-order valence-corrected chi connectivity index (χ2v) is 4.91. The highest BCUT2D eigenvalue weighted by molar-refractivity contribution is 5.60. The molecule has 20 heavy (non-hydrogen) atoms. The monoisotopic (exact) mass is 271 g/mol. The Morgan fingerprint density at radius 2 is 2.00 bits per heavy atom. The summed E-state index contributed by atoms with van der Waals surface area (Å²) in [4.78, 5) is 0. The van der Waals surface area contributed by atoms with Gasteiger partial charge in [-0.1, -0.05) is 18.2 Å². The average Bonchev–Trinajstić information content (AvgIpc) is 2.93. The van der Waals surface area contributed by atoms with Gasteiger partial charge >= 0.3 is 0 Å². The summed E-state index contributed by atoms with van der Waals surface area (Å²) in [6, 6.07) is 9.73. The number of aryl methyl sites for hydroxylation is 1. The fourth-order valence-corrected chi connectivity index (χ4v) is 2.35. The summed E-state index contributed by atoms with van der Waals surface area (Å²) in [6.45, 7) is 4.69. The number of ether oxygens (including phenoxy) is 2. The standard InChI is InChI=1S/C16H17NO3/c1-10-6-7-13(11(2)15(10)18)17-8-12-4-3-5-14-16(12)20-9-19-14/h3-7,17-18H,8-9H2,1-2H3. The van der Waals surface area contributed by atoms with Crippen molar-refractivity contribution < 1.29 is 14.6 Å². The zero-order chi connectivity index (χ0) is 14.1. The Kier molecular flexibility index (Phi) is 3.14. The molecule has 0 saturated heterocycles. The van der Waals surface area contributed by atoms with Crippen LogP contribution >= 0.6 is 0 Å². The summed E-state index contributed by atoms with van der Waals surface area (Å²) >= 11 is 0. The van der Waals surface area contributed by atoms with E-state index in [-0.39, 0.29) is 6.79 Å². The third-order valence-corrected chi connectivity index (χ3v) is 3.58. The maximum Gasteiger partial charge on any atom is 0.231 e. The Balaban J connectivity index is 1.81. The Bertz CT molecular complexity index is 652. The van der Waals surface area contributed by atoms with Crippen LogP contribution in [0.3, 0.4) is 0 Å². The van der Waals surface area contributed by atoms with Crippen LogP contribution in [0, 0.1) is 13.8 Å². The molecule has 1 aliphatic heterocycles. The molecule has 0 fully saturated rings. The molecule has 2 aromatic carbocycles. The first-order valence-electron chi connectivity index (χ1n) is 6.57. The van der Waals surface area contributed by atoms with Gasteiger partial charge in [0.2, 0.25) is 6.79 Å². The van der Waals surface area contributed by atoms with Crippen LogP contribution in [-0.4, -0.2) is 11.9 Å². The molecule has 1 heterocycles. The number of fused-ring (bicyclic) bond motifs is 1. The van der Waals surface area contributed by atoms with Crippen molar-refractivity contribution in [1.29, 1.82) is 0 Å². The van der Waals surface area contributed by atoms with Gasteiger partial charge in [-0.15, -0.1) is 0 Å². The Morgan fingerprint density at radius 3 is 2.85 bits per heavy atom. The zero-order valence-electron chi connectivity index (χ0n) is 11.6. The molecule has 3 rings (SSSR count). The summed E-state index contributed by atoms with van der Waals surface area (Å²) in [5, 5.41) is 13.3. The van der Waals surface area contributed by atoms with E-state index in [1.54, 1.807) is 0 Å². The molecule has 2 N–H and O–H groups in total. The summed E-state index contributed by atoms with van der Waals surface area (Å²) in [5.41, 5.74) is 3.70. The van der Waals surface area contributed by atoms with Crippen LogP contribution in [0.5, 0.6) is 17.2 Å². The van der Waals surface area contributed by atoms with Gasteiger partial charge in [0.15, 0.2) is 11.5 Å². The predicted octanol–water partition coefficient (Wildman–Crippen LogP) is 3.35. The van der Waals surface area contributed by atoms with Crippen LogP contribution in [0.25, 0.3) is 0 Å². The van der Waals surface area contributed by atoms with Crippen LogP contribution in [-0.2, 0) is 6.54 Å². The van der Waals surface area contributed by atoms with Crippen LogP contribution < -0.4 is 14.8 Å². The SMILES string of the molecule is Cc1ccc(NCc2cccc3c2OCO3)c(C)c1O. The van der Waals surface area contributed by atoms with Crippen molar-refractivity contribution in [3.63, 3.8) is 0 Å². The number of hydrogen-bond donors (Lipinski definition) is 2. The van der Waals surface area contributed by atoms with Crippen molar-refractivity contribution >= 4 is 5.69 Å². The second kappa shape index (κ2) is 4.96. The molecule has 2 aromatic rings. The summed E-state index contributed by atoms with van der Waals surface area (Å²) < 4.78 is 10.8. The molecule has 4 heteroatoms. The van der Waals surface area contributed by atoms with Crippen LogP contribution in [0.4, 0.5) is 5.69 Å². The molecule has 0 aliphatic carbocycles. The number of hydrogen-bond acceptors (Lipinski definition) is 4. The Hall–Kier alpha value is -2.36. The molecular weight excluding hydrogens is 254 g/mol. The lowest BCUT2D eigenvalue weighted by Crippen LogP contribution is -2.03. The topological polar surface area (TPSA) is 50.7 Å². The largest absolute Gasteiger partial charge is 0.507 e. The molecular formula is C16H17NO3. The van der Waals surface area contributed by atoms with Gasteiger partial charge in [0, 0.05) is 23.4 Å². The number of benzene rings is 2. The van der Waals surface area contributed by atoms with Gasteiger partial charge < -0.3 is 19.9 Å². The number of anilines is 1. The van der Waals surface area contributed by atoms with E-state index in [1.807, 2.05) is 44.2 Å². The number of aromatic hydroxyl groups is 1. The first-order chi connectivity index (χ1) is 9.66. The fourth-order valence-electron chi connectivity index (χ4n) is 2.35. The highest BCUT2D eigenvalue weighted by Crippen LogP contribution is 2.36. The molecule has 0 amide bonds. The minimum absolute atomic E-state index is 0.274. The van der Waals surface area contributed by atoms with Gasteiger partial charge in [0.05, 0.1) is 0 Å². The summed E-state index contributed by atoms with van der Waals surface area (Å²) in [5.74, 6) is 1.93. The third kappa shape index (κ3) is 2.13. The molecule has 0 radical (unpaired) electrons. The van der Waals surface area contributed by atoms with Crippen LogP contribution in [0.2, 0.25) is 0 Å². The zero-order valence-corrected chi connectivity index (χ0v) is 11.6. The van der Waals surface area contributed by atoms with Crippen molar-refractivity contribution in [3.8, 4) is 17.2 Å². The quantitative estimate of drug-likeness (QED) is 0.899. The van der Waals surface area contributed by atoms with Gasteiger partial charge in [0.25, 0.3) is 0 Å². The van der Waals surface area contributed by atoms with Crippen molar-refractivity contribution in [2.45, 2.75) is 20.4 Å². The summed E-state index contributed by atoms with van der Waals surface area (Å²) in [7, 11) is 0. The molecule has 0 spiro atoms. The number of para-hydroxylation sites is 1. The first kappa shape index (κ1) is 12.7. The molecule has 0 unspecified atom stereocenters. The van der Waals surface area contributed by atoms with Gasteiger partial charge in [-0.3, -0.25) is 0 Å². The van der Waals surface area contributed by atoms with Gasteiger partial charge in [-0.05, 0) is 31.5 Å². The first-order valence-corrected chi connectivity index (χ1v) is 6.57. The van der Waals surface area contributed by atoms with Crippen molar-refractivity contribution in [1.82, 2.24) is 0 Å². The van der Waals surface area contributed by atoms with Gasteiger partial charge in [-0.2, -0.15) is 0 Å². The summed E-state index contributed by atoms with van der Waals surface area (Å²) in [6.07, 6.45) is 0. The van der Waals surface area contributed by atoms with E-state index in [0.29, 0.717) is 12.3 Å². The Morgan fingerprint density at radius 1 is 1.15 bits per heavy atom. The smallest absolute Gasteiger partial charge is 0.231 e. The van der Waals surface area contributed by atoms with E-state index in [0.717, 1.165) is 33.9 Å². The highest BCUT2D eigenvalue weighted by Gasteiger charge is 2.17. The van der Waals surface area contributed by atoms with E-state index < -0.39 is 0 Å². The number of nitrogens with one attached hydrogen (secondary N) is 1. The molecule has 0 atom stereocenters. The minimum atomic E-state index is 0.274. The van der Waals surface area contributed by atoms with Gasteiger partial charge in [0.1, 0.15) is 5.75 Å². The number of phenolic OH excluding ortho intramolecular Hbond substituents is 1. The van der Waals surface area contributed by atoms with Crippen molar-refractivity contribution in [2.24, 2.45) is 0 Å². The maximum absolute atomic E-state index is 9.95. The molecule has 4 nitrogen and oxygen atoms in total. The Labute approximate surface area is 118 Å². The van der Waals surface area contributed by atoms with Crippen molar-refractivity contribution in [2.75, 3.05) is 12.1 Å². The van der Waals surface area contributed by atoms with E-state index in [2.05, 4.69) is 5.32 Å².